The van der Waals surface area contributed by atoms with Gasteiger partial charge in [-0.05, 0) is 166 Å². The largest absolute Gasteiger partial charge is 0.311 e. The van der Waals surface area contributed by atoms with Gasteiger partial charge in [0.25, 0.3) is 0 Å². The van der Waals surface area contributed by atoms with Crippen molar-refractivity contribution in [3.05, 3.63) is 340 Å². The number of hydrogen-bond donors (Lipinski definition) is 0. The van der Waals surface area contributed by atoms with Gasteiger partial charge in [-0.15, -0.1) is 0 Å². The van der Waals surface area contributed by atoms with Crippen LogP contribution in [0.2, 0.25) is 0 Å². The lowest BCUT2D eigenvalue weighted by molar-refractivity contribution is 1.14. The normalized spacial score (nSPS) is 11.2. The van der Waals surface area contributed by atoms with Gasteiger partial charge in [-0.2, -0.15) is 0 Å². The zero-order valence-electron chi connectivity index (χ0n) is 45.1. The van der Waals surface area contributed by atoms with Gasteiger partial charge in [0, 0.05) is 73.2 Å². The predicted molar refractivity (Wildman–Crippen MR) is 347 cm³/mol. The van der Waals surface area contributed by atoms with Crippen molar-refractivity contribution in [2.24, 2.45) is 0 Å². The van der Waals surface area contributed by atoms with Crippen molar-refractivity contribution in [1.82, 2.24) is 4.57 Å². The molecule has 0 N–H and O–H groups in total. The standard InChI is InChI=1S/C78H56N4/c1-8-24-60(25-9-1)76-75-56-74(72-38-22-23-39-73(72)78(75)82(66-36-20-7-21-37-66)77(76)61-26-10-2-11-27-61)59-44-50-69(51-45-59)80(64-32-16-5-17-33-64)67-46-40-57(41-47-67)58-42-48-68(49-43-58)81(65-34-18-6-19-35-65)71-54-52-70(53-55-71)79(62-28-12-3-13-29-62)63-30-14-4-15-31-63/h1-56H. The molecule has 4 heteroatoms. The van der Waals surface area contributed by atoms with Gasteiger partial charge in [0.1, 0.15) is 0 Å². The summed E-state index contributed by atoms with van der Waals surface area (Å²) in [6.07, 6.45) is 0. The third-order valence-corrected chi connectivity index (χ3v) is 15.5. The Morgan fingerprint density at radius 2 is 0.500 bits per heavy atom. The molecular formula is C78H56N4. The maximum atomic E-state index is 2.48. The summed E-state index contributed by atoms with van der Waals surface area (Å²) in [5.41, 5.74) is 21.5. The fourth-order valence-electron chi connectivity index (χ4n) is 11.8. The molecule has 4 nitrogen and oxygen atoms in total. The number of anilines is 9. The molecule has 0 fully saturated rings. The second-order valence-electron chi connectivity index (χ2n) is 20.5. The van der Waals surface area contributed by atoms with Crippen LogP contribution in [0.15, 0.2) is 340 Å². The van der Waals surface area contributed by atoms with Crippen molar-refractivity contribution < 1.29 is 0 Å². The maximum Gasteiger partial charge on any atom is 0.0620 e. The molecule has 0 spiro atoms. The fourth-order valence-corrected chi connectivity index (χ4v) is 11.8. The highest BCUT2D eigenvalue weighted by atomic mass is 15.2. The molecule has 14 aromatic rings. The molecule has 1 heterocycles. The third-order valence-electron chi connectivity index (χ3n) is 15.5. The molecule has 82 heavy (non-hydrogen) atoms. The van der Waals surface area contributed by atoms with Crippen LogP contribution >= 0.6 is 0 Å². The van der Waals surface area contributed by atoms with Crippen molar-refractivity contribution in [1.29, 1.82) is 0 Å². The highest BCUT2D eigenvalue weighted by molar-refractivity contribution is 6.20. The van der Waals surface area contributed by atoms with E-state index in [0.717, 1.165) is 73.6 Å². The summed E-state index contributed by atoms with van der Waals surface area (Å²) in [6, 6.07) is 122. The molecule has 0 atom stereocenters. The van der Waals surface area contributed by atoms with E-state index in [0.29, 0.717) is 0 Å². The SMILES string of the molecule is c1ccc(-c2c(-c3ccccc3)n(-c3ccccc3)c3c2cc(-c2ccc(N(c4ccccc4)c4ccc(-c5ccc(N(c6ccccc6)c6ccc(N(c7ccccc7)c7ccccc7)cc6)cc5)cc4)cc2)c2ccccc23)cc1. The summed E-state index contributed by atoms with van der Waals surface area (Å²) >= 11 is 0. The van der Waals surface area contributed by atoms with E-state index in [1.54, 1.807) is 0 Å². The van der Waals surface area contributed by atoms with Crippen molar-refractivity contribution >= 4 is 72.9 Å². The van der Waals surface area contributed by atoms with Crippen LogP contribution in [-0.2, 0) is 0 Å². The zero-order valence-corrected chi connectivity index (χ0v) is 45.1. The Morgan fingerprint density at radius 1 is 0.207 bits per heavy atom. The molecule has 0 aliphatic rings. The average Bonchev–Trinajstić information content (AvgIpc) is 2.78. The number of rotatable bonds is 14. The molecule has 0 amide bonds. The average molecular weight is 1050 g/mol. The first-order valence-corrected chi connectivity index (χ1v) is 28.0. The van der Waals surface area contributed by atoms with Crippen molar-refractivity contribution in [2.75, 3.05) is 14.7 Å². The topological polar surface area (TPSA) is 14.7 Å². The molecule has 388 valence electrons. The lowest BCUT2D eigenvalue weighted by atomic mass is 9.92. The summed E-state index contributed by atoms with van der Waals surface area (Å²) < 4.78 is 2.48. The second-order valence-corrected chi connectivity index (χ2v) is 20.5. The van der Waals surface area contributed by atoms with Gasteiger partial charge >= 0.3 is 0 Å². The molecule has 0 saturated heterocycles. The first-order valence-electron chi connectivity index (χ1n) is 28.0. The fraction of sp³-hybridized carbons (Fsp3) is 0. The molecule has 0 saturated carbocycles. The van der Waals surface area contributed by atoms with Gasteiger partial charge in [-0.1, -0.05) is 212 Å². The van der Waals surface area contributed by atoms with Gasteiger partial charge in [-0.25, -0.2) is 0 Å². The Labute approximate surface area is 479 Å². The van der Waals surface area contributed by atoms with E-state index in [-0.39, 0.29) is 0 Å². The molecule has 0 bridgehead atoms. The summed E-state index contributed by atoms with van der Waals surface area (Å²) in [4.78, 5) is 6.96. The van der Waals surface area contributed by atoms with Crippen LogP contribution in [0.3, 0.4) is 0 Å². The number of fused-ring (bicyclic) bond motifs is 3. The van der Waals surface area contributed by atoms with E-state index in [9.17, 15) is 0 Å². The lowest BCUT2D eigenvalue weighted by Crippen LogP contribution is -2.12. The molecule has 13 aromatic carbocycles. The van der Waals surface area contributed by atoms with Crippen LogP contribution < -0.4 is 14.7 Å². The van der Waals surface area contributed by atoms with Crippen LogP contribution in [0, 0.1) is 0 Å². The van der Waals surface area contributed by atoms with Crippen molar-refractivity contribution in [3.63, 3.8) is 0 Å². The number of hydrogen-bond acceptors (Lipinski definition) is 3. The van der Waals surface area contributed by atoms with E-state index >= 15 is 0 Å². The first-order chi connectivity index (χ1) is 40.7. The van der Waals surface area contributed by atoms with Crippen LogP contribution in [0.4, 0.5) is 51.2 Å². The predicted octanol–water partition coefficient (Wildman–Crippen LogP) is 21.9. The Hall–Kier alpha value is -10.9. The second kappa shape index (κ2) is 22.1. The minimum absolute atomic E-state index is 1.07. The van der Waals surface area contributed by atoms with Crippen molar-refractivity contribution in [3.8, 4) is 50.3 Å². The summed E-state index contributed by atoms with van der Waals surface area (Å²) in [5, 5.41) is 3.62. The number of para-hydroxylation sites is 5. The Kier molecular flexibility index (Phi) is 13.3. The summed E-state index contributed by atoms with van der Waals surface area (Å²) in [6.45, 7) is 0. The number of benzene rings is 13. The van der Waals surface area contributed by atoms with E-state index in [2.05, 4.69) is 359 Å². The molecule has 0 radical (unpaired) electrons. The molecule has 0 aliphatic heterocycles. The van der Waals surface area contributed by atoms with E-state index in [1.807, 2.05) is 0 Å². The Bertz CT molecular complexity index is 4380. The maximum absolute atomic E-state index is 2.48. The monoisotopic (exact) mass is 1050 g/mol. The minimum atomic E-state index is 1.07. The minimum Gasteiger partial charge on any atom is -0.311 e. The quantitative estimate of drug-likeness (QED) is 0.108. The highest BCUT2D eigenvalue weighted by Gasteiger charge is 2.25. The van der Waals surface area contributed by atoms with Gasteiger partial charge in [0.2, 0.25) is 0 Å². The lowest BCUT2D eigenvalue weighted by Gasteiger charge is -2.28. The van der Waals surface area contributed by atoms with Crippen molar-refractivity contribution in [2.45, 2.75) is 0 Å². The van der Waals surface area contributed by atoms with E-state index in [4.69, 9.17) is 0 Å². The van der Waals surface area contributed by atoms with Crippen LogP contribution in [0.5, 0.6) is 0 Å². The van der Waals surface area contributed by atoms with Crippen LogP contribution in [0.1, 0.15) is 0 Å². The Morgan fingerprint density at radius 3 is 0.890 bits per heavy atom. The molecular weight excluding hydrogens is 993 g/mol. The zero-order chi connectivity index (χ0) is 54.6. The van der Waals surface area contributed by atoms with E-state index in [1.165, 1.54) is 49.6 Å². The highest BCUT2D eigenvalue weighted by Crippen LogP contribution is 2.48. The molecule has 0 unspecified atom stereocenters. The third kappa shape index (κ3) is 9.44. The van der Waals surface area contributed by atoms with Gasteiger partial charge < -0.3 is 19.3 Å². The van der Waals surface area contributed by atoms with Crippen LogP contribution in [-0.4, -0.2) is 4.57 Å². The number of nitrogens with zero attached hydrogens (tertiary/aromatic N) is 4. The summed E-state index contributed by atoms with van der Waals surface area (Å²) in [5.74, 6) is 0. The van der Waals surface area contributed by atoms with Crippen LogP contribution in [0.25, 0.3) is 72.0 Å². The van der Waals surface area contributed by atoms with Gasteiger partial charge in [-0.3, -0.25) is 0 Å². The molecule has 0 aliphatic carbocycles. The molecule has 1 aromatic heterocycles. The summed E-state index contributed by atoms with van der Waals surface area (Å²) in [7, 11) is 0. The first kappa shape index (κ1) is 49.4. The van der Waals surface area contributed by atoms with Gasteiger partial charge in [0.15, 0.2) is 0 Å². The van der Waals surface area contributed by atoms with E-state index < -0.39 is 0 Å². The van der Waals surface area contributed by atoms with Gasteiger partial charge in [0.05, 0.1) is 11.2 Å². The Balaban J connectivity index is 0.799. The smallest absolute Gasteiger partial charge is 0.0620 e. The molecule has 14 rings (SSSR count). The number of aromatic nitrogens is 1.